The molecule has 35 heavy (non-hydrogen) atoms. The number of nitrogens with zero attached hydrogens (tertiary/aromatic N) is 7. The van der Waals surface area contributed by atoms with Crippen molar-refractivity contribution in [2.45, 2.75) is 32.4 Å². The molecule has 1 aromatic carbocycles. The van der Waals surface area contributed by atoms with Crippen LogP contribution in [-0.2, 0) is 16.1 Å². The van der Waals surface area contributed by atoms with Crippen LogP contribution in [0.3, 0.4) is 0 Å². The van der Waals surface area contributed by atoms with E-state index >= 15 is 0 Å². The lowest BCUT2D eigenvalue weighted by molar-refractivity contribution is -0.117. The molecule has 2 aliphatic heterocycles. The summed E-state index contributed by atoms with van der Waals surface area (Å²) in [7, 11) is 1.59. The van der Waals surface area contributed by atoms with Crippen LogP contribution >= 0.6 is 0 Å². The number of anilines is 1. The molecule has 0 unspecified atom stereocenters. The van der Waals surface area contributed by atoms with E-state index in [0.717, 1.165) is 35.6 Å². The van der Waals surface area contributed by atoms with E-state index in [0.29, 0.717) is 42.8 Å². The smallest absolute Gasteiger partial charge is 0.238 e. The number of hydrogen-bond donors (Lipinski definition) is 0. The van der Waals surface area contributed by atoms with Crippen molar-refractivity contribution in [2.24, 2.45) is 0 Å². The Kier molecular flexibility index (Phi) is 5.29. The average molecular weight is 472 g/mol. The highest BCUT2D eigenvalue weighted by molar-refractivity contribution is 5.95. The number of amides is 1. The first kappa shape index (κ1) is 21.5. The molecule has 3 aromatic heterocycles. The fourth-order valence-electron chi connectivity index (χ4n) is 4.63. The Morgan fingerprint density at radius 2 is 2.06 bits per heavy atom. The molecule has 0 N–H and O–H groups in total. The summed E-state index contributed by atoms with van der Waals surface area (Å²) >= 11 is 0. The van der Waals surface area contributed by atoms with Gasteiger partial charge in [0.15, 0.2) is 11.6 Å². The molecule has 1 fully saturated rings. The molecule has 0 saturated carbocycles. The summed E-state index contributed by atoms with van der Waals surface area (Å²) in [5.74, 6) is 1.84. The maximum atomic E-state index is 12.2. The second-order valence-electron chi connectivity index (χ2n) is 8.66. The summed E-state index contributed by atoms with van der Waals surface area (Å²) < 4.78 is 15.4. The van der Waals surface area contributed by atoms with E-state index in [1.165, 1.54) is 0 Å². The van der Waals surface area contributed by atoms with Gasteiger partial charge in [0.2, 0.25) is 11.8 Å². The molecule has 1 saturated heterocycles. The van der Waals surface area contributed by atoms with Crippen molar-refractivity contribution in [1.29, 1.82) is 0 Å². The van der Waals surface area contributed by atoms with Crippen LogP contribution in [0, 0.1) is 6.92 Å². The van der Waals surface area contributed by atoms with Crippen LogP contribution < -0.4 is 9.64 Å². The number of hydrogen-bond acceptors (Lipinski definition) is 7. The van der Waals surface area contributed by atoms with Gasteiger partial charge in [-0.3, -0.25) is 4.79 Å². The zero-order valence-electron chi connectivity index (χ0n) is 19.6. The molecule has 0 bridgehead atoms. The molecule has 1 atom stereocenters. The summed E-state index contributed by atoms with van der Waals surface area (Å²) in [4.78, 5) is 27.8. The van der Waals surface area contributed by atoms with Gasteiger partial charge in [-0.05, 0) is 43.2 Å². The summed E-state index contributed by atoms with van der Waals surface area (Å²) in [5, 5.41) is 4.71. The minimum atomic E-state index is -0.377. The number of aromatic nitrogens is 6. The molecule has 0 radical (unpaired) electrons. The van der Waals surface area contributed by atoms with Gasteiger partial charge in [-0.25, -0.2) is 19.6 Å². The van der Waals surface area contributed by atoms with E-state index < -0.39 is 0 Å². The summed E-state index contributed by atoms with van der Waals surface area (Å²) in [6.07, 6.45) is 4.75. The molecular formula is C25H25N7O3. The van der Waals surface area contributed by atoms with Gasteiger partial charge in [0, 0.05) is 24.8 Å². The van der Waals surface area contributed by atoms with Crippen LogP contribution in [0.15, 0.2) is 48.9 Å². The van der Waals surface area contributed by atoms with Gasteiger partial charge in [0.1, 0.15) is 17.5 Å². The quantitative estimate of drug-likeness (QED) is 0.441. The van der Waals surface area contributed by atoms with Gasteiger partial charge >= 0.3 is 0 Å². The lowest BCUT2D eigenvalue weighted by atomic mass is 10.1. The monoisotopic (exact) mass is 471 g/mol. The fraction of sp³-hybridized carbons (Fsp3) is 0.320. The number of methoxy groups -OCH3 is 1. The van der Waals surface area contributed by atoms with Crippen LogP contribution in [-0.4, -0.2) is 55.5 Å². The van der Waals surface area contributed by atoms with E-state index in [4.69, 9.17) is 19.6 Å². The summed E-state index contributed by atoms with van der Waals surface area (Å²) in [6.45, 7) is 3.80. The van der Waals surface area contributed by atoms with E-state index in [-0.39, 0.29) is 12.0 Å². The van der Waals surface area contributed by atoms with Crippen molar-refractivity contribution >= 4 is 11.6 Å². The number of fused-ring (bicyclic) bond motifs is 1. The first-order valence-corrected chi connectivity index (χ1v) is 11.6. The Balaban J connectivity index is 1.34. The Morgan fingerprint density at radius 1 is 1.14 bits per heavy atom. The van der Waals surface area contributed by atoms with Crippen LogP contribution in [0.5, 0.6) is 5.88 Å². The van der Waals surface area contributed by atoms with Crippen LogP contribution in [0.4, 0.5) is 5.69 Å². The van der Waals surface area contributed by atoms with Crippen molar-refractivity contribution in [3.8, 4) is 23.1 Å². The number of imidazole rings is 1. The first-order valence-electron chi connectivity index (χ1n) is 11.6. The molecule has 5 heterocycles. The molecule has 2 aliphatic rings. The Bertz CT molecular complexity index is 1410. The third-order valence-corrected chi connectivity index (χ3v) is 6.33. The van der Waals surface area contributed by atoms with Crippen molar-refractivity contribution in [1.82, 2.24) is 29.3 Å². The van der Waals surface area contributed by atoms with Crippen LogP contribution in [0.25, 0.3) is 17.2 Å². The third kappa shape index (κ3) is 3.85. The average Bonchev–Trinajstić information content (AvgIpc) is 3.63. The van der Waals surface area contributed by atoms with Gasteiger partial charge < -0.3 is 18.9 Å². The molecule has 10 heteroatoms. The number of aryl methyl sites for hydroxylation is 1. The zero-order chi connectivity index (χ0) is 23.9. The van der Waals surface area contributed by atoms with Crippen LogP contribution in [0.1, 0.15) is 36.0 Å². The summed E-state index contributed by atoms with van der Waals surface area (Å²) in [6, 6.07) is 11.7. The Hall–Kier alpha value is -4.05. The highest BCUT2D eigenvalue weighted by Gasteiger charge is 2.29. The Labute approximate surface area is 202 Å². The lowest BCUT2D eigenvalue weighted by Gasteiger charge is -2.24. The predicted octanol–water partition coefficient (Wildman–Crippen LogP) is 3.09. The largest absolute Gasteiger partial charge is 0.479 e. The molecule has 10 nitrogen and oxygen atoms in total. The van der Waals surface area contributed by atoms with Gasteiger partial charge in [-0.1, -0.05) is 12.1 Å². The van der Waals surface area contributed by atoms with Gasteiger partial charge in [0.25, 0.3) is 0 Å². The number of ether oxygens (including phenoxy) is 2. The van der Waals surface area contributed by atoms with Crippen molar-refractivity contribution in [3.63, 3.8) is 0 Å². The molecule has 0 spiro atoms. The summed E-state index contributed by atoms with van der Waals surface area (Å²) in [5.41, 5.74) is 4.14. The predicted molar refractivity (Wildman–Crippen MR) is 127 cm³/mol. The molecule has 6 rings (SSSR count). The second kappa shape index (κ2) is 8.62. The second-order valence-corrected chi connectivity index (χ2v) is 8.66. The Morgan fingerprint density at radius 3 is 2.83 bits per heavy atom. The van der Waals surface area contributed by atoms with E-state index in [2.05, 4.69) is 9.97 Å². The van der Waals surface area contributed by atoms with E-state index in [1.807, 2.05) is 63.7 Å². The highest BCUT2D eigenvalue weighted by atomic mass is 16.5. The minimum absolute atomic E-state index is 0.159. The van der Waals surface area contributed by atoms with E-state index in [1.54, 1.807) is 13.4 Å². The van der Waals surface area contributed by atoms with Crippen molar-refractivity contribution in [3.05, 3.63) is 66.0 Å². The standard InChI is InChI=1S/C25H25N7O3/c1-16-14-30(15-26-16)20-9-8-19(27-25(20)34-2)23-28-24-22(35-12-11-32(24)29-23)17-5-3-6-18(13-17)31-10-4-7-21(31)33/h3,5-6,8-9,13-15,22H,4,7,10-12H2,1-2H3/t22-/m1/s1. The molecule has 0 aliphatic carbocycles. The maximum Gasteiger partial charge on any atom is 0.238 e. The van der Waals surface area contributed by atoms with Crippen molar-refractivity contribution in [2.75, 3.05) is 25.2 Å². The number of rotatable bonds is 5. The maximum absolute atomic E-state index is 12.2. The van der Waals surface area contributed by atoms with E-state index in [9.17, 15) is 4.79 Å². The lowest BCUT2D eigenvalue weighted by Crippen LogP contribution is -2.25. The topological polar surface area (TPSA) is 100 Å². The third-order valence-electron chi connectivity index (χ3n) is 6.33. The zero-order valence-corrected chi connectivity index (χ0v) is 19.6. The van der Waals surface area contributed by atoms with Gasteiger partial charge in [-0.2, -0.15) is 0 Å². The molecule has 178 valence electrons. The van der Waals surface area contributed by atoms with Gasteiger partial charge in [0.05, 0.1) is 32.3 Å². The normalized spacial score (nSPS) is 17.6. The highest BCUT2D eigenvalue weighted by Crippen LogP contribution is 2.33. The van der Waals surface area contributed by atoms with Crippen LogP contribution in [0.2, 0.25) is 0 Å². The number of carbonyl (C=O) groups excluding carboxylic acids is 1. The molecular weight excluding hydrogens is 446 g/mol. The minimum Gasteiger partial charge on any atom is -0.479 e. The first-order chi connectivity index (χ1) is 17.1. The van der Waals surface area contributed by atoms with Gasteiger partial charge in [-0.15, -0.1) is 5.10 Å². The molecule has 1 amide bonds. The SMILES string of the molecule is COc1nc(-c2nc3n(n2)CCO[C@@H]3c2cccc(N3CCCC3=O)c2)ccc1-n1cnc(C)c1. The molecule has 4 aromatic rings. The number of benzene rings is 1. The fourth-order valence-corrected chi connectivity index (χ4v) is 4.63. The number of pyridine rings is 1. The number of carbonyl (C=O) groups is 1. The van der Waals surface area contributed by atoms with Crippen molar-refractivity contribution < 1.29 is 14.3 Å².